The lowest BCUT2D eigenvalue weighted by Crippen LogP contribution is -2.21. The van der Waals surface area contributed by atoms with Crippen molar-refractivity contribution in [3.63, 3.8) is 0 Å². The smallest absolute Gasteiger partial charge is 0.350 e. The molecule has 4 aromatic rings. The number of fused-ring (bicyclic) bond motifs is 1. The molecule has 0 aromatic heterocycles. The molecular weight excluding hydrogens is 574 g/mol. The number of nitriles is 1. The molecule has 0 fully saturated rings. The Bertz CT molecular complexity index is 1780. The monoisotopic (exact) mass is 597 g/mol. The summed E-state index contributed by atoms with van der Waals surface area (Å²) in [5.41, 5.74) is 7.99. The largest absolute Gasteiger partial charge is 0.490 e. The summed E-state index contributed by atoms with van der Waals surface area (Å²) in [6.07, 6.45) is 0. The van der Waals surface area contributed by atoms with Gasteiger partial charge in [0.2, 0.25) is 5.88 Å². The first-order valence-electron chi connectivity index (χ1n) is 13.1. The fraction of sp³-hybridized carbons (Fsp3) is 0.125. The van der Waals surface area contributed by atoms with E-state index in [1.165, 1.54) is 36.4 Å². The lowest BCUT2D eigenvalue weighted by molar-refractivity contribution is -0.385. The van der Waals surface area contributed by atoms with Crippen molar-refractivity contribution >= 4 is 23.3 Å². The summed E-state index contributed by atoms with van der Waals surface area (Å²) in [6.45, 7) is 2.52. The lowest BCUT2D eigenvalue weighted by atomic mass is 9.83. The number of ether oxygens (including phenoxy) is 4. The molecule has 11 heteroatoms. The van der Waals surface area contributed by atoms with Crippen molar-refractivity contribution in [3.8, 4) is 29.1 Å². The maximum absolute atomic E-state index is 12.8. The molecule has 1 unspecified atom stereocenters. The Kier molecular flexibility index (Phi) is 8.46. The van der Waals surface area contributed by atoms with E-state index in [0.29, 0.717) is 40.9 Å². The minimum Gasteiger partial charge on any atom is -0.490 e. The second-order valence-electron chi connectivity index (χ2n) is 9.34. The molecule has 0 radical (unpaired) electrons. The van der Waals surface area contributed by atoms with Gasteiger partial charge in [0.05, 0.1) is 17.4 Å². The minimum atomic E-state index is -0.906. The Morgan fingerprint density at radius 1 is 1.05 bits per heavy atom. The highest BCUT2D eigenvalue weighted by Gasteiger charge is 2.32. The van der Waals surface area contributed by atoms with Crippen LogP contribution in [0.3, 0.4) is 0 Å². The summed E-state index contributed by atoms with van der Waals surface area (Å²) in [6, 6.07) is 24.9. The van der Waals surface area contributed by atoms with E-state index >= 15 is 0 Å². The Morgan fingerprint density at radius 3 is 2.53 bits per heavy atom. The van der Waals surface area contributed by atoms with Gasteiger partial charge in [-0.1, -0.05) is 48.0 Å². The van der Waals surface area contributed by atoms with Crippen molar-refractivity contribution in [2.24, 2.45) is 5.73 Å². The first-order valence-corrected chi connectivity index (χ1v) is 13.5. The predicted molar refractivity (Wildman–Crippen MR) is 157 cm³/mol. The number of hydrogen-bond donors (Lipinski definition) is 1. The predicted octanol–water partition coefficient (Wildman–Crippen LogP) is 6.66. The third-order valence-corrected chi connectivity index (χ3v) is 6.88. The zero-order valence-electron chi connectivity index (χ0n) is 22.8. The molecule has 1 heterocycles. The number of para-hydroxylation sites is 1. The average molecular weight is 598 g/mol. The third-order valence-electron chi connectivity index (χ3n) is 6.63. The highest BCUT2D eigenvalue weighted by Crippen LogP contribution is 2.45. The first-order chi connectivity index (χ1) is 20.8. The van der Waals surface area contributed by atoms with Gasteiger partial charge >= 0.3 is 5.97 Å². The molecule has 0 amide bonds. The van der Waals surface area contributed by atoms with Crippen LogP contribution < -0.4 is 24.7 Å². The highest BCUT2D eigenvalue weighted by atomic mass is 35.5. The zero-order chi connectivity index (χ0) is 30.5. The fourth-order valence-corrected chi connectivity index (χ4v) is 4.77. The van der Waals surface area contributed by atoms with Gasteiger partial charge in [0.15, 0.2) is 11.5 Å². The topological polar surface area (TPSA) is 147 Å². The van der Waals surface area contributed by atoms with E-state index in [1.807, 2.05) is 25.1 Å². The van der Waals surface area contributed by atoms with Crippen LogP contribution in [0.1, 0.15) is 39.9 Å². The molecule has 1 aliphatic heterocycles. The number of nitro benzene ring substituents is 1. The Hall–Kier alpha value is -5.53. The number of carbonyl (C=O) groups excluding carboxylic acids is 1. The van der Waals surface area contributed by atoms with Gasteiger partial charge in [0.25, 0.3) is 5.69 Å². The SMILES string of the molecule is CCOc1cc(C2C(C#N)=C(N)Oc3cc(OC(=O)c4ccccc4[N+](=O)[O-])ccc32)ccc1OCc1ccc(Cl)cc1. The van der Waals surface area contributed by atoms with Crippen molar-refractivity contribution in [1.29, 1.82) is 5.26 Å². The van der Waals surface area contributed by atoms with E-state index in [1.54, 1.807) is 30.3 Å². The number of rotatable bonds is 9. The number of hydrogen-bond acceptors (Lipinski definition) is 9. The van der Waals surface area contributed by atoms with Crippen molar-refractivity contribution in [1.82, 2.24) is 0 Å². The molecular formula is C32H24ClN3O7. The zero-order valence-corrected chi connectivity index (χ0v) is 23.5. The summed E-state index contributed by atoms with van der Waals surface area (Å²) >= 11 is 5.98. The normalized spacial score (nSPS) is 13.7. The van der Waals surface area contributed by atoms with Crippen LogP contribution >= 0.6 is 11.6 Å². The maximum atomic E-state index is 12.8. The molecule has 4 aromatic carbocycles. The summed E-state index contributed by atoms with van der Waals surface area (Å²) in [4.78, 5) is 23.5. The van der Waals surface area contributed by atoms with Crippen molar-refractivity contribution in [3.05, 3.63) is 134 Å². The van der Waals surface area contributed by atoms with E-state index < -0.39 is 16.8 Å². The van der Waals surface area contributed by atoms with Gasteiger partial charge in [0.1, 0.15) is 35.3 Å². The lowest BCUT2D eigenvalue weighted by Gasteiger charge is -2.27. The number of benzene rings is 4. The van der Waals surface area contributed by atoms with Crippen LogP contribution in [0.15, 0.2) is 96.4 Å². The van der Waals surface area contributed by atoms with Crippen LogP contribution in [0.5, 0.6) is 23.0 Å². The average Bonchev–Trinajstić information content (AvgIpc) is 3.00. The molecule has 216 valence electrons. The molecule has 0 saturated heterocycles. The molecule has 1 aliphatic rings. The number of halogens is 1. The number of allylic oxidation sites excluding steroid dienone is 1. The van der Waals surface area contributed by atoms with Crippen LogP contribution in [0.25, 0.3) is 0 Å². The van der Waals surface area contributed by atoms with E-state index in [2.05, 4.69) is 6.07 Å². The highest BCUT2D eigenvalue weighted by molar-refractivity contribution is 6.30. The fourth-order valence-electron chi connectivity index (χ4n) is 4.64. The number of nitrogens with two attached hydrogens (primary N) is 1. The molecule has 0 aliphatic carbocycles. The van der Waals surface area contributed by atoms with E-state index in [9.17, 15) is 20.2 Å². The summed E-state index contributed by atoms with van der Waals surface area (Å²) in [7, 11) is 0. The van der Waals surface area contributed by atoms with Gasteiger partial charge in [-0.3, -0.25) is 10.1 Å². The molecule has 1 atom stereocenters. The van der Waals surface area contributed by atoms with E-state index in [0.717, 1.165) is 5.56 Å². The van der Waals surface area contributed by atoms with Crippen molar-refractivity contribution in [2.45, 2.75) is 19.4 Å². The van der Waals surface area contributed by atoms with E-state index in [4.69, 9.17) is 36.3 Å². The second kappa shape index (κ2) is 12.5. The second-order valence-corrected chi connectivity index (χ2v) is 9.78. The van der Waals surface area contributed by atoms with Gasteiger partial charge < -0.3 is 24.7 Å². The van der Waals surface area contributed by atoms with Crippen molar-refractivity contribution in [2.75, 3.05) is 6.61 Å². The quantitative estimate of drug-likeness (QED) is 0.0967. The van der Waals surface area contributed by atoms with Gasteiger partial charge in [-0.25, -0.2) is 4.79 Å². The molecule has 2 N–H and O–H groups in total. The molecule has 0 bridgehead atoms. The van der Waals surface area contributed by atoms with E-state index in [-0.39, 0.29) is 34.2 Å². The van der Waals surface area contributed by atoms with Gasteiger partial charge in [-0.2, -0.15) is 5.26 Å². The van der Waals surface area contributed by atoms with Crippen LogP contribution in [-0.4, -0.2) is 17.5 Å². The third kappa shape index (κ3) is 6.22. The van der Waals surface area contributed by atoms with Crippen LogP contribution in [-0.2, 0) is 6.61 Å². The molecule has 5 rings (SSSR count). The van der Waals surface area contributed by atoms with Gasteiger partial charge in [-0.15, -0.1) is 0 Å². The van der Waals surface area contributed by atoms with Gasteiger partial charge in [-0.05, 0) is 54.4 Å². The van der Waals surface area contributed by atoms with Gasteiger partial charge in [0, 0.05) is 22.7 Å². The Morgan fingerprint density at radius 2 is 1.81 bits per heavy atom. The molecule has 0 spiro atoms. The summed E-state index contributed by atoms with van der Waals surface area (Å²) < 4.78 is 23.1. The number of esters is 1. The molecule has 43 heavy (non-hydrogen) atoms. The summed E-state index contributed by atoms with van der Waals surface area (Å²) in [5.74, 6) is -0.309. The molecule has 10 nitrogen and oxygen atoms in total. The minimum absolute atomic E-state index is 0.0785. The van der Waals surface area contributed by atoms with Crippen molar-refractivity contribution < 1.29 is 28.7 Å². The first kappa shape index (κ1) is 29.0. The molecule has 0 saturated carbocycles. The Balaban J connectivity index is 1.45. The van der Waals surface area contributed by atoms with Crippen LogP contribution in [0.2, 0.25) is 5.02 Å². The summed E-state index contributed by atoms with van der Waals surface area (Å²) in [5, 5.41) is 22.0. The van der Waals surface area contributed by atoms with Crippen LogP contribution in [0.4, 0.5) is 5.69 Å². The Labute approximate surface area is 251 Å². The van der Waals surface area contributed by atoms with Crippen LogP contribution in [0, 0.1) is 21.4 Å². The number of nitrogens with zero attached hydrogens (tertiary/aromatic N) is 2. The number of carbonyl (C=O) groups is 1. The maximum Gasteiger partial charge on any atom is 0.350 e. The number of nitro groups is 1. The standard InChI is InChI=1S/C32H24ClN3O7/c1-2-40-29-15-20(9-14-27(29)41-18-19-7-10-21(33)11-8-19)30-24-13-12-22(16-28(24)43-31(35)25(30)17-34)42-32(37)23-5-3-4-6-26(23)36(38)39/h3-16,30H,2,18,35H2,1H3.